The van der Waals surface area contributed by atoms with Gasteiger partial charge in [-0.05, 0) is 19.5 Å². The van der Waals surface area contributed by atoms with E-state index in [1.165, 1.54) is 0 Å². The molecule has 1 aromatic heterocycles. The highest BCUT2D eigenvalue weighted by Gasteiger charge is 2.23. The van der Waals surface area contributed by atoms with Gasteiger partial charge in [0.15, 0.2) is 0 Å². The summed E-state index contributed by atoms with van der Waals surface area (Å²) in [5.74, 6) is 1.29. The molecule has 88 valence electrons. The summed E-state index contributed by atoms with van der Waals surface area (Å²) in [5, 5.41) is 0. The predicted octanol–water partition coefficient (Wildman–Crippen LogP) is 0.589. The number of aromatic nitrogens is 2. The normalized spacial score (nSPS) is 22.4. The third kappa shape index (κ3) is 2.24. The first kappa shape index (κ1) is 11.1. The monoisotopic (exact) mass is 221 g/mol. The van der Waals surface area contributed by atoms with Gasteiger partial charge in [0.2, 0.25) is 5.95 Å². The van der Waals surface area contributed by atoms with E-state index in [1.807, 2.05) is 6.07 Å². The SMILES string of the molecule is CCC1CN(c2ccnc(N)n2)CCN1C. The van der Waals surface area contributed by atoms with Crippen LogP contribution in [0.4, 0.5) is 11.8 Å². The summed E-state index contributed by atoms with van der Waals surface area (Å²) in [6, 6.07) is 2.53. The Morgan fingerprint density at radius 2 is 2.31 bits per heavy atom. The lowest BCUT2D eigenvalue weighted by Crippen LogP contribution is -2.51. The lowest BCUT2D eigenvalue weighted by atomic mass is 10.1. The topological polar surface area (TPSA) is 58.3 Å². The molecule has 2 N–H and O–H groups in total. The third-order valence-electron chi connectivity index (χ3n) is 3.23. The summed E-state index contributed by atoms with van der Waals surface area (Å²) in [6.45, 7) is 5.31. The first-order valence-electron chi connectivity index (χ1n) is 5.74. The summed E-state index contributed by atoms with van der Waals surface area (Å²) in [6.07, 6.45) is 2.88. The van der Waals surface area contributed by atoms with E-state index in [4.69, 9.17) is 5.73 Å². The number of piperazine rings is 1. The van der Waals surface area contributed by atoms with E-state index < -0.39 is 0 Å². The van der Waals surface area contributed by atoms with Gasteiger partial charge in [-0.3, -0.25) is 4.90 Å². The van der Waals surface area contributed by atoms with Gasteiger partial charge in [-0.25, -0.2) is 4.98 Å². The van der Waals surface area contributed by atoms with Crippen LogP contribution in [0.3, 0.4) is 0 Å². The van der Waals surface area contributed by atoms with E-state index in [1.54, 1.807) is 6.20 Å². The van der Waals surface area contributed by atoms with Gasteiger partial charge in [0.1, 0.15) is 5.82 Å². The molecule has 5 nitrogen and oxygen atoms in total. The molecular weight excluding hydrogens is 202 g/mol. The number of likely N-dealkylation sites (N-methyl/N-ethyl adjacent to an activating group) is 1. The van der Waals surface area contributed by atoms with Crippen molar-refractivity contribution in [2.24, 2.45) is 0 Å². The summed E-state index contributed by atoms with van der Waals surface area (Å²) in [4.78, 5) is 12.9. The molecule has 0 saturated carbocycles. The van der Waals surface area contributed by atoms with Crippen LogP contribution >= 0.6 is 0 Å². The highest BCUT2D eigenvalue weighted by Crippen LogP contribution is 2.17. The Morgan fingerprint density at radius 1 is 1.50 bits per heavy atom. The zero-order chi connectivity index (χ0) is 11.5. The van der Waals surface area contributed by atoms with E-state index >= 15 is 0 Å². The molecule has 5 heteroatoms. The van der Waals surface area contributed by atoms with Gasteiger partial charge >= 0.3 is 0 Å². The van der Waals surface area contributed by atoms with Crippen LogP contribution in [0.15, 0.2) is 12.3 Å². The standard InChI is InChI=1S/C11H19N5/c1-3-9-8-16(7-6-15(9)2)10-4-5-13-11(12)14-10/h4-5,9H,3,6-8H2,1-2H3,(H2,12,13,14). The Hall–Kier alpha value is -1.36. The second-order valence-corrected chi connectivity index (χ2v) is 4.26. The number of anilines is 2. The average Bonchev–Trinajstić information content (AvgIpc) is 2.29. The van der Waals surface area contributed by atoms with Crippen LogP contribution in [0.5, 0.6) is 0 Å². The van der Waals surface area contributed by atoms with Crippen molar-refractivity contribution in [3.63, 3.8) is 0 Å². The molecule has 0 bridgehead atoms. The predicted molar refractivity (Wildman–Crippen MR) is 65.4 cm³/mol. The molecule has 0 amide bonds. The van der Waals surface area contributed by atoms with Crippen molar-refractivity contribution in [1.82, 2.24) is 14.9 Å². The van der Waals surface area contributed by atoms with Gasteiger partial charge in [-0.1, -0.05) is 6.92 Å². The van der Waals surface area contributed by atoms with Gasteiger partial charge in [-0.2, -0.15) is 4.98 Å². The molecule has 1 aromatic rings. The highest BCUT2D eigenvalue weighted by atomic mass is 15.3. The Bertz CT molecular complexity index is 354. The second kappa shape index (κ2) is 4.65. The zero-order valence-electron chi connectivity index (χ0n) is 9.93. The van der Waals surface area contributed by atoms with Crippen molar-refractivity contribution in [3.8, 4) is 0 Å². The summed E-state index contributed by atoms with van der Waals surface area (Å²) < 4.78 is 0. The minimum absolute atomic E-state index is 0.351. The zero-order valence-corrected chi connectivity index (χ0v) is 9.93. The first-order valence-corrected chi connectivity index (χ1v) is 5.74. The van der Waals surface area contributed by atoms with Crippen molar-refractivity contribution in [1.29, 1.82) is 0 Å². The Morgan fingerprint density at radius 3 is 3.00 bits per heavy atom. The van der Waals surface area contributed by atoms with Crippen LogP contribution in [0.25, 0.3) is 0 Å². The van der Waals surface area contributed by atoms with Crippen molar-refractivity contribution in [3.05, 3.63) is 12.3 Å². The van der Waals surface area contributed by atoms with E-state index in [-0.39, 0.29) is 0 Å². The van der Waals surface area contributed by atoms with E-state index in [2.05, 4.69) is 33.7 Å². The second-order valence-electron chi connectivity index (χ2n) is 4.26. The largest absolute Gasteiger partial charge is 0.368 e. The molecule has 1 unspecified atom stereocenters. The molecule has 1 aliphatic heterocycles. The van der Waals surface area contributed by atoms with Crippen LogP contribution in [-0.2, 0) is 0 Å². The molecule has 16 heavy (non-hydrogen) atoms. The molecule has 0 radical (unpaired) electrons. The fraction of sp³-hybridized carbons (Fsp3) is 0.636. The lowest BCUT2D eigenvalue weighted by Gasteiger charge is -2.39. The Labute approximate surface area is 96.3 Å². The smallest absolute Gasteiger partial charge is 0.221 e. The Kier molecular flexibility index (Phi) is 3.24. The van der Waals surface area contributed by atoms with Gasteiger partial charge in [0, 0.05) is 31.9 Å². The minimum atomic E-state index is 0.351. The molecule has 1 aliphatic rings. The Balaban J connectivity index is 2.11. The van der Waals surface area contributed by atoms with Crippen molar-refractivity contribution < 1.29 is 0 Å². The van der Waals surface area contributed by atoms with Crippen LogP contribution in [0.2, 0.25) is 0 Å². The molecule has 0 aromatic carbocycles. The fourth-order valence-corrected chi connectivity index (χ4v) is 2.13. The van der Waals surface area contributed by atoms with Crippen molar-refractivity contribution >= 4 is 11.8 Å². The maximum atomic E-state index is 5.60. The molecule has 1 fully saturated rings. The molecular formula is C11H19N5. The van der Waals surface area contributed by atoms with Crippen molar-refractivity contribution in [2.45, 2.75) is 19.4 Å². The van der Waals surface area contributed by atoms with Crippen LogP contribution in [0.1, 0.15) is 13.3 Å². The molecule has 0 spiro atoms. The van der Waals surface area contributed by atoms with Crippen LogP contribution in [0, 0.1) is 0 Å². The summed E-state index contributed by atoms with van der Waals surface area (Å²) in [5.41, 5.74) is 5.60. The van der Waals surface area contributed by atoms with Crippen molar-refractivity contribution in [2.75, 3.05) is 37.3 Å². The molecule has 2 heterocycles. The number of hydrogen-bond acceptors (Lipinski definition) is 5. The minimum Gasteiger partial charge on any atom is -0.368 e. The number of rotatable bonds is 2. The quantitative estimate of drug-likeness (QED) is 0.792. The van der Waals surface area contributed by atoms with Gasteiger partial charge in [0.05, 0.1) is 0 Å². The average molecular weight is 221 g/mol. The number of hydrogen-bond donors (Lipinski definition) is 1. The van der Waals surface area contributed by atoms with E-state index in [0.717, 1.165) is 31.9 Å². The maximum absolute atomic E-state index is 5.60. The van der Waals surface area contributed by atoms with Crippen LogP contribution < -0.4 is 10.6 Å². The fourth-order valence-electron chi connectivity index (χ4n) is 2.13. The number of nitrogens with zero attached hydrogens (tertiary/aromatic N) is 4. The highest BCUT2D eigenvalue weighted by molar-refractivity contribution is 5.41. The molecule has 1 atom stereocenters. The molecule has 1 saturated heterocycles. The summed E-state index contributed by atoms with van der Waals surface area (Å²) in [7, 11) is 2.18. The van der Waals surface area contributed by atoms with Gasteiger partial charge in [0.25, 0.3) is 0 Å². The van der Waals surface area contributed by atoms with Gasteiger partial charge in [-0.15, -0.1) is 0 Å². The molecule has 0 aliphatic carbocycles. The lowest BCUT2D eigenvalue weighted by molar-refractivity contribution is 0.213. The maximum Gasteiger partial charge on any atom is 0.221 e. The third-order valence-corrected chi connectivity index (χ3v) is 3.23. The van der Waals surface area contributed by atoms with Crippen LogP contribution in [-0.4, -0.2) is 47.6 Å². The van der Waals surface area contributed by atoms with Gasteiger partial charge < -0.3 is 10.6 Å². The summed E-state index contributed by atoms with van der Waals surface area (Å²) >= 11 is 0. The number of nitrogen functional groups attached to an aromatic ring is 1. The van der Waals surface area contributed by atoms with E-state index in [0.29, 0.717) is 12.0 Å². The number of nitrogens with two attached hydrogens (primary N) is 1. The van der Waals surface area contributed by atoms with E-state index in [9.17, 15) is 0 Å². The molecule has 2 rings (SSSR count). The first-order chi connectivity index (χ1) is 7.70.